The van der Waals surface area contributed by atoms with E-state index in [1.807, 2.05) is 0 Å². The van der Waals surface area contributed by atoms with E-state index in [0.717, 1.165) is 0 Å². The lowest BCUT2D eigenvalue weighted by Crippen LogP contribution is -2.15. The Labute approximate surface area is 166 Å². The third-order valence-corrected chi connectivity index (χ3v) is 4.03. The Kier molecular flexibility index (Phi) is 5.99. The number of methoxy groups -OCH3 is 1. The van der Waals surface area contributed by atoms with Crippen molar-refractivity contribution in [2.45, 2.75) is 0 Å². The van der Waals surface area contributed by atoms with Gasteiger partial charge in [-0.25, -0.2) is 9.18 Å². The van der Waals surface area contributed by atoms with E-state index in [9.17, 15) is 18.8 Å². The van der Waals surface area contributed by atoms with Crippen LogP contribution >= 0.6 is 0 Å². The predicted octanol–water partition coefficient (Wildman–Crippen LogP) is 4.12. The van der Waals surface area contributed by atoms with Crippen LogP contribution in [0.4, 0.5) is 15.8 Å². The fraction of sp³-hybridized carbons (Fsp3) is 0.0455. The van der Waals surface area contributed by atoms with E-state index >= 15 is 0 Å². The standard InChI is InChI=1S/C22H17FN2O4/c1-29-22(28)15-10-8-14(9-11-15)20(26)24-18-6-2-4-16(12-18)21(27)25-19-7-3-5-17(23)13-19/h2-13H,1H3,(H,24,26)(H,25,27). The maximum Gasteiger partial charge on any atom is 0.337 e. The fourth-order valence-corrected chi connectivity index (χ4v) is 2.59. The molecule has 29 heavy (non-hydrogen) atoms. The van der Waals surface area contributed by atoms with Crippen molar-refractivity contribution in [2.75, 3.05) is 17.7 Å². The van der Waals surface area contributed by atoms with Crippen LogP contribution in [0.5, 0.6) is 0 Å². The van der Waals surface area contributed by atoms with Gasteiger partial charge in [-0.2, -0.15) is 0 Å². The van der Waals surface area contributed by atoms with Crippen LogP contribution in [0.1, 0.15) is 31.1 Å². The van der Waals surface area contributed by atoms with Crippen molar-refractivity contribution in [1.29, 1.82) is 0 Å². The van der Waals surface area contributed by atoms with Crippen molar-refractivity contribution in [3.05, 3.63) is 95.3 Å². The second-order valence-corrected chi connectivity index (χ2v) is 6.07. The third kappa shape index (κ3) is 5.04. The Morgan fingerprint density at radius 1 is 0.724 bits per heavy atom. The lowest BCUT2D eigenvalue weighted by Gasteiger charge is -2.09. The van der Waals surface area contributed by atoms with Crippen molar-refractivity contribution in [3.8, 4) is 0 Å². The highest BCUT2D eigenvalue weighted by Gasteiger charge is 2.11. The van der Waals surface area contributed by atoms with Gasteiger partial charge in [0.1, 0.15) is 5.82 Å². The van der Waals surface area contributed by atoms with Crippen LogP contribution in [0, 0.1) is 5.82 Å². The normalized spacial score (nSPS) is 10.1. The average Bonchev–Trinajstić information content (AvgIpc) is 2.73. The molecule has 0 aliphatic carbocycles. The zero-order valence-corrected chi connectivity index (χ0v) is 15.4. The number of hydrogen-bond donors (Lipinski definition) is 2. The number of rotatable bonds is 5. The highest BCUT2D eigenvalue weighted by atomic mass is 19.1. The highest BCUT2D eigenvalue weighted by Crippen LogP contribution is 2.16. The van der Waals surface area contributed by atoms with E-state index < -0.39 is 23.6 Å². The minimum Gasteiger partial charge on any atom is -0.465 e. The first kappa shape index (κ1) is 19.8. The molecule has 3 rings (SSSR count). The monoisotopic (exact) mass is 392 g/mol. The third-order valence-electron chi connectivity index (χ3n) is 4.03. The summed E-state index contributed by atoms with van der Waals surface area (Å²) in [6.07, 6.45) is 0. The van der Waals surface area contributed by atoms with Gasteiger partial charge in [0, 0.05) is 22.5 Å². The number of anilines is 2. The molecule has 3 aromatic carbocycles. The predicted molar refractivity (Wildman–Crippen MR) is 107 cm³/mol. The molecule has 0 aliphatic heterocycles. The maximum atomic E-state index is 13.3. The summed E-state index contributed by atoms with van der Waals surface area (Å²) in [5.74, 6) is -1.78. The Balaban J connectivity index is 1.69. The summed E-state index contributed by atoms with van der Waals surface area (Å²) in [6, 6.07) is 17.9. The van der Waals surface area contributed by atoms with Crippen molar-refractivity contribution >= 4 is 29.2 Å². The summed E-state index contributed by atoms with van der Waals surface area (Å²) < 4.78 is 17.9. The molecule has 0 spiro atoms. The molecular formula is C22H17FN2O4. The minimum absolute atomic E-state index is 0.299. The van der Waals surface area contributed by atoms with Gasteiger partial charge in [-0.1, -0.05) is 12.1 Å². The van der Waals surface area contributed by atoms with Gasteiger partial charge in [0.25, 0.3) is 11.8 Å². The van der Waals surface area contributed by atoms with E-state index in [-0.39, 0.29) is 0 Å². The molecule has 0 saturated carbocycles. The first-order chi connectivity index (χ1) is 14.0. The SMILES string of the molecule is COC(=O)c1ccc(C(=O)Nc2cccc(C(=O)Nc3cccc(F)c3)c2)cc1. The van der Waals surface area contributed by atoms with Gasteiger partial charge in [-0.15, -0.1) is 0 Å². The fourth-order valence-electron chi connectivity index (χ4n) is 2.59. The van der Waals surface area contributed by atoms with Crippen molar-refractivity contribution in [2.24, 2.45) is 0 Å². The molecule has 0 bridgehead atoms. The van der Waals surface area contributed by atoms with Crippen LogP contribution in [-0.2, 0) is 4.74 Å². The molecule has 2 amide bonds. The zero-order valence-electron chi connectivity index (χ0n) is 15.4. The molecule has 0 aliphatic rings. The number of esters is 1. The quantitative estimate of drug-likeness (QED) is 0.640. The average molecular weight is 392 g/mol. The van der Waals surface area contributed by atoms with Crippen LogP contribution in [0.15, 0.2) is 72.8 Å². The number of hydrogen-bond acceptors (Lipinski definition) is 4. The summed E-state index contributed by atoms with van der Waals surface area (Å²) in [5, 5.41) is 5.29. The van der Waals surface area contributed by atoms with Gasteiger partial charge in [0.05, 0.1) is 12.7 Å². The smallest absolute Gasteiger partial charge is 0.337 e. The van der Waals surface area contributed by atoms with E-state index in [2.05, 4.69) is 15.4 Å². The summed E-state index contributed by atoms with van der Waals surface area (Å²) in [5.41, 5.74) is 1.72. The van der Waals surface area contributed by atoms with Gasteiger partial charge < -0.3 is 15.4 Å². The van der Waals surface area contributed by atoms with Gasteiger partial charge in [-0.05, 0) is 60.7 Å². The number of amides is 2. The number of carbonyl (C=O) groups is 3. The molecule has 0 unspecified atom stereocenters. The van der Waals surface area contributed by atoms with Crippen LogP contribution in [0.2, 0.25) is 0 Å². The number of carbonyl (C=O) groups excluding carboxylic acids is 3. The lowest BCUT2D eigenvalue weighted by atomic mass is 10.1. The Morgan fingerprint density at radius 3 is 1.90 bits per heavy atom. The second kappa shape index (κ2) is 8.79. The first-order valence-corrected chi connectivity index (χ1v) is 8.63. The molecule has 2 N–H and O–H groups in total. The van der Waals surface area contributed by atoms with Gasteiger partial charge in [-0.3, -0.25) is 9.59 Å². The Bertz CT molecular complexity index is 1060. The topological polar surface area (TPSA) is 84.5 Å². The summed E-state index contributed by atoms with van der Waals surface area (Å²) in [7, 11) is 1.28. The molecule has 3 aromatic rings. The van der Waals surface area contributed by atoms with E-state index in [1.54, 1.807) is 24.3 Å². The first-order valence-electron chi connectivity index (χ1n) is 8.63. The number of halogens is 1. The number of ether oxygens (including phenoxy) is 1. The molecule has 146 valence electrons. The Morgan fingerprint density at radius 2 is 1.28 bits per heavy atom. The number of benzene rings is 3. The lowest BCUT2D eigenvalue weighted by molar-refractivity contribution is 0.0600. The largest absolute Gasteiger partial charge is 0.465 e. The summed E-state index contributed by atoms with van der Waals surface area (Å²) in [4.78, 5) is 36.2. The Hall–Kier alpha value is -4.00. The van der Waals surface area contributed by atoms with Crippen molar-refractivity contribution < 1.29 is 23.5 Å². The van der Waals surface area contributed by atoms with Crippen LogP contribution in [0.3, 0.4) is 0 Å². The maximum absolute atomic E-state index is 13.3. The summed E-state index contributed by atoms with van der Waals surface area (Å²) in [6.45, 7) is 0. The van der Waals surface area contributed by atoms with Crippen molar-refractivity contribution in [1.82, 2.24) is 0 Å². The molecule has 0 radical (unpaired) electrons. The van der Waals surface area contributed by atoms with Gasteiger partial charge in [0.2, 0.25) is 0 Å². The minimum atomic E-state index is -0.492. The van der Waals surface area contributed by atoms with Crippen molar-refractivity contribution in [3.63, 3.8) is 0 Å². The van der Waals surface area contributed by atoms with E-state index in [4.69, 9.17) is 0 Å². The van der Waals surface area contributed by atoms with E-state index in [1.165, 1.54) is 55.6 Å². The van der Waals surface area contributed by atoms with Crippen LogP contribution < -0.4 is 10.6 Å². The molecule has 0 fully saturated rings. The molecule has 0 saturated heterocycles. The van der Waals surface area contributed by atoms with Crippen LogP contribution in [0.25, 0.3) is 0 Å². The van der Waals surface area contributed by atoms with E-state index in [0.29, 0.717) is 28.1 Å². The molecule has 0 aromatic heterocycles. The molecular weight excluding hydrogens is 375 g/mol. The molecule has 0 atom stereocenters. The number of nitrogens with one attached hydrogen (secondary N) is 2. The molecule has 7 heteroatoms. The highest BCUT2D eigenvalue weighted by molar-refractivity contribution is 6.07. The van der Waals surface area contributed by atoms with Gasteiger partial charge in [0.15, 0.2) is 0 Å². The van der Waals surface area contributed by atoms with Gasteiger partial charge >= 0.3 is 5.97 Å². The molecule has 6 nitrogen and oxygen atoms in total. The zero-order chi connectivity index (χ0) is 20.8. The molecule has 0 heterocycles. The van der Waals surface area contributed by atoms with Crippen LogP contribution in [-0.4, -0.2) is 24.9 Å². The summed E-state index contributed by atoms with van der Waals surface area (Å²) >= 11 is 0. The second-order valence-electron chi connectivity index (χ2n) is 6.07.